The second kappa shape index (κ2) is 18.3. The summed E-state index contributed by atoms with van der Waals surface area (Å²) < 4.78 is 17.5. The molecule has 34 heavy (non-hydrogen) atoms. The van der Waals surface area contributed by atoms with Crippen molar-refractivity contribution in [2.45, 2.75) is 112 Å². The molecule has 0 aromatic heterocycles. The van der Waals surface area contributed by atoms with E-state index in [4.69, 9.17) is 14.2 Å². The highest BCUT2D eigenvalue weighted by Gasteiger charge is 2.15. The molecule has 2 aromatic rings. The molecule has 0 aliphatic heterocycles. The van der Waals surface area contributed by atoms with Crippen LogP contribution in [0.15, 0.2) is 48.5 Å². The van der Waals surface area contributed by atoms with Gasteiger partial charge in [-0.3, -0.25) is 0 Å². The molecule has 0 amide bonds. The first kappa shape index (κ1) is 30.0. The minimum Gasteiger partial charge on any atom is -0.494 e. The fourth-order valence-corrected chi connectivity index (χ4v) is 4.11. The molecule has 2 aromatic carbocycles. The van der Waals surface area contributed by atoms with Crippen LogP contribution in [0, 0.1) is 0 Å². The SMILES string of the molecule is CC.CC.CCC(C)c1ccc(OC(C)OCCCOc2ccc(C3CCCCC3)cc2)cc1. The summed E-state index contributed by atoms with van der Waals surface area (Å²) in [6.45, 7) is 15.7. The van der Waals surface area contributed by atoms with E-state index in [1.165, 1.54) is 43.2 Å². The van der Waals surface area contributed by atoms with E-state index in [9.17, 15) is 0 Å². The number of ether oxygens (including phenoxy) is 3. The largest absolute Gasteiger partial charge is 0.494 e. The summed E-state index contributed by atoms with van der Waals surface area (Å²) in [5.41, 5.74) is 2.82. The molecule has 0 spiro atoms. The molecular formula is C31H50O3. The molecule has 0 saturated heterocycles. The van der Waals surface area contributed by atoms with Crippen LogP contribution < -0.4 is 9.47 Å². The van der Waals surface area contributed by atoms with E-state index in [1.807, 2.05) is 46.8 Å². The highest BCUT2D eigenvalue weighted by molar-refractivity contribution is 5.30. The topological polar surface area (TPSA) is 27.7 Å². The Balaban J connectivity index is 0.00000137. The van der Waals surface area contributed by atoms with E-state index < -0.39 is 0 Å². The number of benzene rings is 2. The smallest absolute Gasteiger partial charge is 0.196 e. The van der Waals surface area contributed by atoms with Gasteiger partial charge in [-0.05, 0) is 73.4 Å². The fourth-order valence-electron chi connectivity index (χ4n) is 4.11. The molecule has 192 valence electrons. The van der Waals surface area contributed by atoms with Gasteiger partial charge >= 0.3 is 0 Å². The van der Waals surface area contributed by atoms with Gasteiger partial charge in [0.15, 0.2) is 6.29 Å². The van der Waals surface area contributed by atoms with E-state index >= 15 is 0 Å². The monoisotopic (exact) mass is 470 g/mol. The van der Waals surface area contributed by atoms with E-state index in [1.54, 1.807) is 0 Å². The van der Waals surface area contributed by atoms with Gasteiger partial charge in [-0.2, -0.15) is 0 Å². The van der Waals surface area contributed by atoms with Gasteiger partial charge in [0.25, 0.3) is 0 Å². The standard InChI is InChI=1S/C27H38O3.2C2H6/c1-4-21(2)23-11-17-27(18-12-23)30-22(3)28-19-8-20-29-26-15-13-25(14-16-26)24-9-6-5-7-10-24;2*1-2/h11-18,21-22,24H,4-10,19-20H2,1-3H3;2*1-2H3. The van der Waals surface area contributed by atoms with Gasteiger partial charge in [-0.15, -0.1) is 0 Å². The van der Waals surface area contributed by atoms with E-state index in [0.717, 1.165) is 30.3 Å². The van der Waals surface area contributed by atoms with Crippen LogP contribution in [0.25, 0.3) is 0 Å². The minimum atomic E-state index is -0.269. The average molecular weight is 471 g/mol. The maximum absolute atomic E-state index is 5.87. The van der Waals surface area contributed by atoms with Gasteiger partial charge in [-0.1, -0.05) is 85.1 Å². The first-order chi connectivity index (χ1) is 16.7. The molecular weight excluding hydrogens is 420 g/mol. The highest BCUT2D eigenvalue weighted by atomic mass is 16.7. The Bertz CT molecular complexity index is 717. The zero-order valence-electron chi connectivity index (χ0n) is 22.9. The summed E-state index contributed by atoms with van der Waals surface area (Å²) in [4.78, 5) is 0. The van der Waals surface area contributed by atoms with Crippen LogP contribution in [-0.2, 0) is 4.74 Å². The molecule has 0 heterocycles. The Morgan fingerprint density at radius 1 is 0.765 bits per heavy atom. The van der Waals surface area contributed by atoms with Gasteiger partial charge in [0, 0.05) is 6.42 Å². The maximum Gasteiger partial charge on any atom is 0.196 e. The van der Waals surface area contributed by atoms with Crippen LogP contribution in [0.3, 0.4) is 0 Å². The summed E-state index contributed by atoms with van der Waals surface area (Å²) in [5, 5.41) is 0. The van der Waals surface area contributed by atoms with Crippen molar-refractivity contribution in [3.8, 4) is 11.5 Å². The lowest BCUT2D eigenvalue weighted by molar-refractivity contribution is -0.0691. The lowest BCUT2D eigenvalue weighted by Gasteiger charge is -2.22. The van der Waals surface area contributed by atoms with Gasteiger partial charge in [0.1, 0.15) is 11.5 Å². The number of hydrogen-bond donors (Lipinski definition) is 0. The molecule has 3 nitrogen and oxygen atoms in total. The third-order valence-electron chi connectivity index (χ3n) is 6.23. The summed E-state index contributed by atoms with van der Waals surface area (Å²) in [6, 6.07) is 17.0. The molecule has 3 heteroatoms. The summed E-state index contributed by atoms with van der Waals surface area (Å²) >= 11 is 0. The quantitative estimate of drug-likeness (QED) is 0.242. The Labute approximate surface area is 210 Å². The van der Waals surface area contributed by atoms with Crippen molar-refractivity contribution in [2.75, 3.05) is 13.2 Å². The van der Waals surface area contributed by atoms with E-state index in [-0.39, 0.29) is 6.29 Å². The highest BCUT2D eigenvalue weighted by Crippen LogP contribution is 2.33. The Morgan fingerprint density at radius 2 is 1.35 bits per heavy atom. The van der Waals surface area contributed by atoms with Crippen LogP contribution in [0.4, 0.5) is 0 Å². The molecule has 2 unspecified atom stereocenters. The minimum absolute atomic E-state index is 0.269. The van der Waals surface area contributed by atoms with Crippen molar-refractivity contribution in [1.82, 2.24) is 0 Å². The Morgan fingerprint density at radius 3 is 1.94 bits per heavy atom. The normalized spacial score (nSPS) is 15.1. The summed E-state index contributed by atoms with van der Waals surface area (Å²) in [5.74, 6) is 3.12. The third-order valence-corrected chi connectivity index (χ3v) is 6.23. The molecule has 1 saturated carbocycles. The predicted molar refractivity (Wildman–Crippen MR) is 146 cm³/mol. The molecule has 0 radical (unpaired) electrons. The predicted octanol–water partition coefficient (Wildman–Crippen LogP) is 9.51. The van der Waals surface area contributed by atoms with Crippen molar-refractivity contribution in [3.05, 3.63) is 59.7 Å². The summed E-state index contributed by atoms with van der Waals surface area (Å²) in [6.07, 6.45) is 8.52. The van der Waals surface area contributed by atoms with E-state index in [0.29, 0.717) is 19.1 Å². The third kappa shape index (κ3) is 11.0. The molecule has 1 aliphatic rings. The van der Waals surface area contributed by atoms with Crippen LogP contribution >= 0.6 is 0 Å². The van der Waals surface area contributed by atoms with Gasteiger partial charge in [-0.25, -0.2) is 0 Å². The average Bonchev–Trinajstić information content (AvgIpc) is 2.91. The summed E-state index contributed by atoms with van der Waals surface area (Å²) in [7, 11) is 0. The van der Waals surface area contributed by atoms with Crippen LogP contribution in [0.5, 0.6) is 11.5 Å². The second-order valence-electron chi connectivity index (χ2n) is 8.54. The Kier molecular flexibility index (Phi) is 16.2. The zero-order chi connectivity index (χ0) is 25.2. The van der Waals surface area contributed by atoms with Gasteiger partial charge in [0.2, 0.25) is 0 Å². The molecule has 2 atom stereocenters. The van der Waals surface area contributed by atoms with Crippen molar-refractivity contribution < 1.29 is 14.2 Å². The second-order valence-corrected chi connectivity index (χ2v) is 8.54. The molecule has 1 fully saturated rings. The Hall–Kier alpha value is -2.00. The maximum atomic E-state index is 5.87. The van der Waals surface area contributed by atoms with Gasteiger partial charge < -0.3 is 14.2 Å². The van der Waals surface area contributed by atoms with Crippen molar-refractivity contribution >= 4 is 0 Å². The first-order valence-electron chi connectivity index (χ1n) is 13.8. The lowest BCUT2D eigenvalue weighted by atomic mass is 9.84. The van der Waals surface area contributed by atoms with Crippen molar-refractivity contribution in [1.29, 1.82) is 0 Å². The molecule has 1 aliphatic carbocycles. The fraction of sp³-hybridized carbons (Fsp3) is 0.613. The van der Waals surface area contributed by atoms with Crippen LogP contribution in [0.1, 0.15) is 116 Å². The van der Waals surface area contributed by atoms with Crippen molar-refractivity contribution in [2.24, 2.45) is 0 Å². The number of rotatable bonds is 11. The molecule has 3 rings (SSSR count). The first-order valence-corrected chi connectivity index (χ1v) is 13.8. The van der Waals surface area contributed by atoms with Crippen molar-refractivity contribution in [3.63, 3.8) is 0 Å². The zero-order valence-corrected chi connectivity index (χ0v) is 22.9. The van der Waals surface area contributed by atoms with Gasteiger partial charge in [0.05, 0.1) is 13.2 Å². The molecule has 0 N–H and O–H groups in total. The van der Waals surface area contributed by atoms with Crippen LogP contribution in [-0.4, -0.2) is 19.5 Å². The number of hydrogen-bond acceptors (Lipinski definition) is 3. The van der Waals surface area contributed by atoms with E-state index in [2.05, 4.69) is 50.2 Å². The van der Waals surface area contributed by atoms with Crippen LogP contribution in [0.2, 0.25) is 0 Å². The molecule has 0 bridgehead atoms. The lowest BCUT2D eigenvalue weighted by Crippen LogP contribution is -2.18.